The molecule has 29 heavy (non-hydrogen) atoms. The van der Waals surface area contributed by atoms with E-state index >= 15 is 0 Å². The Morgan fingerprint density at radius 1 is 1.03 bits per heavy atom. The largest absolute Gasteiger partial charge is 0.342 e. The lowest BCUT2D eigenvalue weighted by Crippen LogP contribution is -2.61. The highest BCUT2D eigenvalue weighted by molar-refractivity contribution is 5.77. The number of hydrogen-bond donors (Lipinski definition) is 0. The number of likely N-dealkylation sites (tertiary alicyclic amines) is 1. The average molecular weight is 396 g/mol. The molecule has 0 radical (unpaired) electrons. The zero-order chi connectivity index (χ0) is 20.2. The number of fused-ring (bicyclic) bond motifs is 5. The topological polar surface area (TPSA) is 46.1 Å². The number of carbonyl (C=O) groups excluding carboxylic acids is 1. The van der Waals surface area contributed by atoms with Crippen LogP contribution in [0.2, 0.25) is 0 Å². The fourth-order valence-corrected chi connectivity index (χ4v) is 8.51. The smallest absolute Gasteiger partial charge is 0.222 e. The Bertz CT molecular complexity index is 767. The molecule has 1 saturated heterocycles. The number of rotatable bonds is 3. The molecule has 1 aromatic rings. The van der Waals surface area contributed by atoms with E-state index in [1.165, 1.54) is 44.9 Å². The summed E-state index contributed by atoms with van der Waals surface area (Å²) >= 11 is 0. The van der Waals surface area contributed by atoms with Gasteiger partial charge >= 0.3 is 0 Å². The first-order chi connectivity index (χ1) is 13.9. The van der Waals surface area contributed by atoms with E-state index in [0.29, 0.717) is 22.8 Å². The Balaban J connectivity index is 1.33. The molecule has 0 spiro atoms. The summed E-state index contributed by atoms with van der Waals surface area (Å²) in [5.74, 6) is 3.77. The van der Waals surface area contributed by atoms with Gasteiger partial charge in [-0.3, -0.25) is 14.8 Å². The van der Waals surface area contributed by atoms with Gasteiger partial charge in [-0.05, 0) is 92.3 Å². The van der Waals surface area contributed by atoms with Crippen molar-refractivity contribution >= 4 is 5.91 Å². The highest BCUT2D eigenvalue weighted by Gasteiger charge is 2.60. The van der Waals surface area contributed by atoms with Crippen molar-refractivity contribution in [2.24, 2.45) is 34.5 Å². The fraction of sp³-hybridized carbons (Fsp3) is 0.800. The van der Waals surface area contributed by atoms with Gasteiger partial charge in [0, 0.05) is 38.1 Å². The van der Waals surface area contributed by atoms with E-state index in [9.17, 15) is 4.79 Å². The minimum atomic E-state index is 0.338. The molecule has 4 aliphatic rings. The lowest BCUT2D eigenvalue weighted by molar-refractivity contribution is -0.158. The SMILES string of the molecule is CN1C(=O)CC[C@]2(C)[C@H]3CC[C@]4(C)[C@@H](CCc5cnccn5)CC[C@H]4[C@@H]3CC[C@@H]12. The lowest BCUT2D eigenvalue weighted by Gasteiger charge is -2.62. The molecule has 0 N–H and O–H groups in total. The standard InChI is InChI=1S/C25H37N3O/c1-24-12-10-21-19(7-9-22-25(21,2)13-11-23(29)28(22)3)20(24)8-5-17(24)4-6-18-16-26-14-15-27-18/h14-17,19-22H,4-13H2,1-3H3/t17-,19-,20-,21-,22+,24+,25+/m0/s1. The first-order valence-corrected chi connectivity index (χ1v) is 11.9. The van der Waals surface area contributed by atoms with E-state index < -0.39 is 0 Å². The minimum absolute atomic E-state index is 0.338. The van der Waals surface area contributed by atoms with Crippen LogP contribution in [-0.2, 0) is 11.2 Å². The van der Waals surface area contributed by atoms with Crippen LogP contribution in [0.15, 0.2) is 18.6 Å². The van der Waals surface area contributed by atoms with Gasteiger partial charge in [0.1, 0.15) is 0 Å². The minimum Gasteiger partial charge on any atom is -0.342 e. The van der Waals surface area contributed by atoms with Gasteiger partial charge in [-0.1, -0.05) is 13.8 Å². The van der Waals surface area contributed by atoms with Crippen molar-refractivity contribution in [1.29, 1.82) is 0 Å². The van der Waals surface area contributed by atoms with Gasteiger partial charge in [-0.25, -0.2) is 0 Å². The van der Waals surface area contributed by atoms with Gasteiger partial charge in [0.15, 0.2) is 0 Å². The number of amides is 1. The van der Waals surface area contributed by atoms with Crippen molar-refractivity contribution in [3.05, 3.63) is 24.3 Å². The highest BCUT2D eigenvalue weighted by atomic mass is 16.2. The second-order valence-corrected chi connectivity index (χ2v) is 11.0. The van der Waals surface area contributed by atoms with Gasteiger partial charge < -0.3 is 4.90 Å². The van der Waals surface area contributed by atoms with Crippen LogP contribution in [0.1, 0.15) is 77.3 Å². The van der Waals surface area contributed by atoms with Crippen LogP contribution in [0, 0.1) is 34.5 Å². The molecule has 1 aromatic heterocycles. The van der Waals surface area contributed by atoms with E-state index in [2.05, 4.69) is 35.8 Å². The first kappa shape index (κ1) is 19.5. The van der Waals surface area contributed by atoms with Crippen molar-refractivity contribution in [3.63, 3.8) is 0 Å². The second kappa shape index (κ2) is 7.06. The van der Waals surface area contributed by atoms with Gasteiger partial charge in [0.2, 0.25) is 5.91 Å². The Morgan fingerprint density at radius 3 is 2.66 bits per heavy atom. The predicted molar refractivity (Wildman–Crippen MR) is 114 cm³/mol. The van der Waals surface area contributed by atoms with Crippen LogP contribution in [0.5, 0.6) is 0 Å². The maximum Gasteiger partial charge on any atom is 0.222 e. The van der Waals surface area contributed by atoms with Crippen LogP contribution in [-0.4, -0.2) is 33.9 Å². The van der Waals surface area contributed by atoms with Crippen molar-refractivity contribution in [2.45, 2.75) is 84.1 Å². The monoisotopic (exact) mass is 395 g/mol. The molecule has 0 bridgehead atoms. The summed E-state index contributed by atoms with van der Waals surface area (Å²) < 4.78 is 0. The van der Waals surface area contributed by atoms with Crippen LogP contribution in [0.3, 0.4) is 0 Å². The molecule has 1 amide bonds. The third kappa shape index (κ3) is 2.96. The number of aromatic nitrogens is 2. The number of carbonyl (C=O) groups is 1. The Labute approximate surface area is 175 Å². The maximum absolute atomic E-state index is 12.3. The predicted octanol–water partition coefficient (Wildman–Crippen LogP) is 4.89. The number of aryl methyl sites for hydroxylation is 1. The van der Waals surface area contributed by atoms with E-state index in [0.717, 1.165) is 48.6 Å². The summed E-state index contributed by atoms with van der Waals surface area (Å²) in [4.78, 5) is 23.2. The van der Waals surface area contributed by atoms with Gasteiger partial charge in [0.05, 0.1) is 5.69 Å². The molecular formula is C25H37N3O. The first-order valence-electron chi connectivity index (χ1n) is 11.9. The molecule has 3 aliphatic carbocycles. The Hall–Kier alpha value is -1.45. The molecule has 5 rings (SSSR count). The maximum atomic E-state index is 12.3. The summed E-state index contributed by atoms with van der Waals surface area (Å²) in [6.07, 6.45) is 17.8. The van der Waals surface area contributed by atoms with E-state index in [1.54, 1.807) is 6.20 Å². The summed E-state index contributed by atoms with van der Waals surface area (Å²) in [7, 11) is 2.07. The summed E-state index contributed by atoms with van der Waals surface area (Å²) in [5, 5.41) is 0. The molecule has 3 saturated carbocycles. The average Bonchev–Trinajstić information content (AvgIpc) is 3.07. The molecule has 1 aliphatic heterocycles. The number of piperidine rings is 1. The molecule has 4 heteroatoms. The molecule has 158 valence electrons. The summed E-state index contributed by atoms with van der Waals surface area (Å²) in [5.41, 5.74) is 1.99. The second-order valence-electron chi connectivity index (χ2n) is 11.0. The third-order valence-electron chi connectivity index (χ3n) is 10.1. The highest BCUT2D eigenvalue weighted by Crippen LogP contribution is 2.66. The lowest BCUT2D eigenvalue weighted by atomic mass is 9.46. The van der Waals surface area contributed by atoms with Crippen LogP contribution in [0.4, 0.5) is 0 Å². The molecule has 2 heterocycles. The van der Waals surface area contributed by atoms with Crippen LogP contribution >= 0.6 is 0 Å². The third-order valence-corrected chi connectivity index (χ3v) is 10.1. The van der Waals surface area contributed by atoms with Crippen molar-refractivity contribution < 1.29 is 4.79 Å². The van der Waals surface area contributed by atoms with Gasteiger partial charge in [0.25, 0.3) is 0 Å². The van der Waals surface area contributed by atoms with Crippen LogP contribution in [0.25, 0.3) is 0 Å². The zero-order valence-corrected chi connectivity index (χ0v) is 18.4. The molecule has 0 aromatic carbocycles. The molecule has 4 nitrogen and oxygen atoms in total. The van der Waals surface area contributed by atoms with Crippen molar-refractivity contribution in [2.75, 3.05) is 7.05 Å². The zero-order valence-electron chi connectivity index (χ0n) is 18.4. The van der Waals surface area contributed by atoms with Crippen molar-refractivity contribution in [3.8, 4) is 0 Å². The van der Waals surface area contributed by atoms with E-state index in [-0.39, 0.29) is 0 Å². The molecular weight excluding hydrogens is 358 g/mol. The molecule has 4 fully saturated rings. The Morgan fingerprint density at radius 2 is 1.86 bits per heavy atom. The number of hydrogen-bond acceptors (Lipinski definition) is 3. The fourth-order valence-electron chi connectivity index (χ4n) is 8.51. The van der Waals surface area contributed by atoms with E-state index in [4.69, 9.17) is 0 Å². The summed E-state index contributed by atoms with van der Waals surface area (Å²) in [6, 6.07) is 0.475. The molecule has 0 unspecified atom stereocenters. The summed E-state index contributed by atoms with van der Waals surface area (Å²) in [6.45, 7) is 5.15. The quantitative estimate of drug-likeness (QED) is 0.732. The van der Waals surface area contributed by atoms with Crippen LogP contribution < -0.4 is 0 Å². The van der Waals surface area contributed by atoms with Gasteiger partial charge in [-0.2, -0.15) is 0 Å². The number of nitrogens with zero attached hydrogens (tertiary/aromatic N) is 3. The van der Waals surface area contributed by atoms with Crippen molar-refractivity contribution in [1.82, 2.24) is 14.9 Å². The molecule has 7 atom stereocenters. The van der Waals surface area contributed by atoms with Gasteiger partial charge in [-0.15, -0.1) is 0 Å². The normalized spacial score (nSPS) is 44.2. The van der Waals surface area contributed by atoms with E-state index in [1.807, 2.05) is 12.4 Å². The Kier molecular flexibility index (Phi) is 4.75.